The van der Waals surface area contributed by atoms with Gasteiger partial charge in [0.25, 0.3) is 0 Å². The number of phenolic OH excluding ortho intramolecular Hbond substituents is 1. The highest BCUT2D eigenvalue weighted by Gasteiger charge is 2.19. The van der Waals surface area contributed by atoms with Crippen molar-refractivity contribution in [1.82, 2.24) is 15.2 Å². The summed E-state index contributed by atoms with van der Waals surface area (Å²) < 4.78 is 0. The molecular weight excluding hydrogens is 370 g/mol. The molecule has 0 saturated heterocycles. The molecule has 146 valence electrons. The number of aromatic hydroxyl groups is 1. The molecule has 0 aliphatic heterocycles. The van der Waals surface area contributed by atoms with Gasteiger partial charge in [-0.3, -0.25) is 9.69 Å². The highest BCUT2D eigenvalue weighted by Crippen LogP contribution is 2.27. The zero-order valence-corrected chi connectivity index (χ0v) is 16.9. The van der Waals surface area contributed by atoms with Crippen LogP contribution < -0.4 is 5.32 Å². The number of thiazole rings is 1. The fourth-order valence-corrected chi connectivity index (χ4v) is 3.86. The number of phenols is 1. The van der Waals surface area contributed by atoms with Gasteiger partial charge in [-0.15, -0.1) is 11.3 Å². The summed E-state index contributed by atoms with van der Waals surface area (Å²) in [6.07, 6.45) is 0.300. The van der Waals surface area contributed by atoms with Gasteiger partial charge in [0, 0.05) is 37.1 Å². The minimum atomic E-state index is -0.0374. The maximum Gasteiger partial charge on any atom is 0.226 e. The topological polar surface area (TPSA) is 65.5 Å². The van der Waals surface area contributed by atoms with E-state index in [1.165, 1.54) is 16.9 Å². The number of amides is 1. The van der Waals surface area contributed by atoms with Gasteiger partial charge >= 0.3 is 0 Å². The molecule has 0 bridgehead atoms. The Morgan fingerprint density at radius 3 is 2.57 bits per heavy atom. The number of carbonyl (C=O) groups is 1. The van der Waals surface area contributed by atoms with E-state index in [1.807, 2.05) is 41.8 Å². The molecule has 1 aromatic heterocycles. The molecule has 0 aliphatic carbocycles. The molecule has 6 heteroatoms. The SMILES string of the molecule is CNC(=O)Cc1nc(CN(Cc2ccccc2O)[C@@H](C)c2ccccc2)cs1. The predicted molar refractivity (Wildman–Crippen MR) is 112 cm³/mol. The van der Waals surface area contributed by atoms with E-state index in [9.17, 15) is 9.90 Å². The summed E-state index contributed by atoms with van der Waals surface area (Å²) >= 11 is 1.50. The maximum atomic E-state index is 11.6. The highest BCUT2D eigenvalue weighted by atomic mass is 32.1. The van der Waals surface area contributed by atoms with Crippen LogP contribution in [-0.2, 0) is 24.3 Å². The Bertz CT molecular complexity index is 911. The van der Waals surface area contributed by atoms with E-state index >= 15 is 0 Å². The number of benzene rings is 2. The zero-order chi connectivity index (χ0) is 19.9. The fourth-order valence-electron chi connectivity index (χ4n) is 3.07. The number of nitrogens with one attached hydrogen (secondary N) is 1. The van der Waals surface area contributed by atoms with Crippen LogP contribution in [0, 0.1) is 0 Å². The third-order valence-electron chi connectivity index (χ3n) is 4.75. The molecule has 28 heavy (non-hydrogen) atoms. The molecule has 3 rings (SSSR count). The summed E-state index contributed by atoms with van der Waals surface area (Å²) in [5.41, 5.74) is 3.02. The van der Waals surface area contributed by atoms with Crippen LogP contribution in [-0.4, -0.2) is 27.9 Å². The summed E-state index contributed by atoms with van der Waals surface area (Å²) in [6.45, 7) is 3.40. The molecule has 0 radical (unpaired) electrons. The first kappa shape index (κ1) is 20.0. The molecule has 0 spiro atoms. The van der Waals surface area contributed by atoms with E-state index in [1.54, 1.807) is 13.1 Å². The van der Waals surface area contributed by atoms with Crippen molar-refractivity contribution < 1.29 is 9.90 Å². The van der Waals surface area contributed by atoms with E-state index < -0.39 is 0 Å². The number of para-hydroxylation sites is 1. The van der Waals surface area contributed by atoms with Gasteiger partial charge in [-0.05, 0) is 18.6 Å². The molecule has 1 atom stereocenters. The van der Waals surface area contributed by atoms with Gasteiger partial charge in [0.2, 0.25) is 5.91 Å². The van der Waals surface area contributed by atoms with Crippen LogP contribution in [0.2, 0.25) is 0 Å². The lowest BCUT2D eigenvalue weighted by molar-refractivity contribution is -0.119. The first-order valence-corrected chi connectivity index (χ1v) is 10.1. The molecule has 0 saturated carbocycles. The molecule has 2 N–H and O–H groups in total. The van der Waals surface area contributed by atoms with Crippen molar-refractivity contribution in [3.8, 4) is 5.75 Å². The second-order valence-corrected chi connectivity index (χ2v) is 7.65. The standard InChI is InChI=1S/C22H25N3O2S/c1-16(17-8-4-3-5-9-17)25(13-18-10-6-7-11-20(18)26)14-19-15-28-22(24-19)12-21(27)23-2/h3-11,15-16,26H,12-14H2,1-2H3,(H,23,27)/t16-/m0/s1. The van der Waals surface area contributed by atoms with Crippen LogP contribution in [0.15, 0.2) is 60.0 Å². The summed E-state index contributed by atoms with van der Waals surface area (Å²) in [6, 6.07) is 17.9. The van der Waals surface area contributed by atoms with Gasteiger partial charge in [-0.25, -0.2) is 4.98 Å². The minimum absolute atomic E-state index is 0.0374. The lowest BCUT2D eigenvalue weighted by atomic mass is 10.1. The Balaban J connectivity index is 1.82. The number of likely N-dealkylation sites (N-methyl/N-ethyl adjacent to an activating group) is 1. The van der Waals surface area contributed by atoms with Crippen LogP contribution in [0.5, 0.6) is 5.75 Å². The second kappa shape index (κ2) is 9.48. The molecule has 0 unspecified atom stereocenters. The molecule has 0 fully saturated rings. The number of nitrogens with zero attached hydrogens (tertiary/aromatic N) is 2. The Hall–Kier alpha value is -2.70. The third-order valence-corrected chi connectivity index (χ3v) is 5.65. The van der Waals surface area contributed by atoms with Crippen LogP contribution in [0.25, 0.3) is 0 Å². The summed E-state index contributed by atoms with van der Waals surface area (Å²) in [4.78, 5) is 18.5. The smallest absolute Gasteiger partial charge is 0.226 e. The lowest BCUT2D eigenvalue weighted by Gasteiger charge is -2.29. The lowest BCUT2D eigenvalue weighted by Crippen LogP contribution is -2.26. The maximum absolute atomic E-state index is 11.6. The number of carbonyl (C=O) groups excluding carboxylic acids is 1. The predicted octanol–water partition coefficient (Wildman–Crippen LogP) is 3.90. The van der Waals surface area contributed by atoms with Crippen molar-refractivity contribution in [3.63, 3.8) is 0 Å². The fraction of sp³-hybridized carbons (Fsp3) is 0.273. The van der Waals surface area contributed by atoms with E-state index in [2.05, 4.69) is 34.3 Å². The Kier molecular flexibility index (Phi) is 6.79. The van der Waals surface area contributed by atoms with Gasteiger partial charge in [0.1, 0.15) is 10.8 Å². The van der Waals surface area contributed by atoms with Gasteiger partial charge in [0.15, 0.2) is 0 Å². The molecule has 3 aromatic rings. The van der Waals surface area contributed by atoms with Gasteiger partial charge in [0.05, 0.1) is 12.1 Å². The normalized spacial score (nSPS) is 12.1. The molecule has 0 aliphatic rings. The van der Waals surface area contributed by atoms with Gasteiger partial charge in [-0.1, -0.05) is 48.5 Å². The molecule has 5 nitrogen and oxygen atoms in total. The van der Waals surface area contributed by atoms with Crippen LogP contribution in [0.1, 0.15) is 34.8 Å². The molecule has 1 amide bonds. The van der Waals surface area contributed by atoms with Crippen LogP contribution >= 0.6 is 11.3 Å². The van der Waals surface area contributed by atoms with Gasteiger partial charge in [-0.2, -0.15) is 0 Å². The Labute approximate surface area is 169 Å². The van der Waals surface area contributed by atoms with E-state index in [-0.39, 0.29) is 11.9 Å². The van der Waals surface area contributed by atoms with Crippen LogP contribution in [0.4, 0.5) is 0 Å². The van der Waals surface area contributed by atoms with E-state index in [0.717, 1.165) is 16.3 Å². The number of hydrogen-bond acceptors (Lipinski definition) is 5. The van der Waals surface area contributed by atoms with E-state index in [4.69, 9.17) is 0 Å². The first-order chi connectivity index (χ1) is 13.6. The largest absolute Gasteiger partial charge is 0.508 e. The minimum Gasteiger partial charge on any atom is -0.508 e. The zero-order valence-electron chi connectivity index (χ0n) is 16.1. The monoisotopic (exact) mass is 395 g/mol. The van der Waals surface area contributed by atoms with Crippen molar-refractivity contribution in [3.05, 3.63) is 81.8 Å². The Morgan fingerprint density at radius 1 is 1.14 bits per heavy atom. The van der Waals surface area contributed by atoms with E-state index in [0.29, 0.717) is 25.3 Å². The number of hydrogen-bond donors (Lipinski definition) is 2. The van der Waals surface area contributed by atoms with Crippen molar-refractivity contribution in [1.29, 1.82) is 0 Å². The third kappa shape index (κ3) is 5.18. The summed E-state index contributed by atoms with van der Waals surface area (Å²) in [5, 5.41) is 15.7. The van der Waals surface area contributed by atoms with Gasteiger partial charge < -0.3 is 10.4 Å². The average Bonchev–Trinajstić information content (AvgIpc) is 3.15. The summed E-state index contributed by atoms with van der Waals surface area (Å²) in [7, 11) is 1.63. The quantitative estimate of drug-likeness (QED) is 0.607. The first-order valence-electron chi connectivity index (χ1n) is 9.26. The highest BCUT2D eigenvalue weighted by molar-refractivity contribution is 7.09. The van der Waals surface area contributed by atoms with Crippen molar-refractivity contribution in [2.75, 3.05) is 7.05 Å². The molecule has 1 heterocycles. The summed E-state index contributed by atoms with van der Waals surface area (Å²) in [5.74, 6) is 0.260. The van der Waals surface area contributed by atoms with Crippen molar-refractivity contribution in [2.45, 2.75) is 32.5 Å². The van der Waals surface area contributed by atoms with Crippen LogP contribution in [0.3, 0.4) is 0 Å². The molecular formula is C22H25N3O2S. The van der Waals surface area contributed by atoms with Crippen molar-refractivity contribution in [2.24, 2.45) is 0 Å². The van der Waals surface area contributed by atoms with Crippen molar-refractivity contribution >= 4 is 17.2 Å². The Morgan fingerprint density at radius 2 is 1.86 bits per heavy atom. The number of rotatable bonds is 8. The second-order valence-electron chi connectivity index (χ2n) is 6.70. The average molecular weight is 396 g/mol. The number of aromatic nitrogens is 1. The molecule has 2 aromatic carbocycles.